The van der Waals surface area contributed by atoms with Crippen molar-refractivity contribution in [2.45, 2.75) is 45.3 Å². The van der Waals surface area contributed by atoms with Crippen molar-refractivity contribution in [3.63, 3.8) is 0 Å². The lowest BCUT2D eigenvalue weighted by atomic mass is 9.79. The van der Waals surface area contributed by atoms with Gasteiger partial charge < -0.3 is 16.0 Å². The zero-order chi connectivity index (χ0) is 16.0. The Hall–Kier alpha value is -1.47. The molecule has 0 spiro atoms. The van der Waals surface area contributed by atoms with Gasteiger partial charge in [0.2, 0.25) is 5.91 Å². The molecule has 2 atom stereocenters. The number of alkyl halides is 3. The number of urea groups is 1. The Morgan fingerprint density at radius 3 is 2.19 bits per heavy atom. The number of amides is 3. The lowest BCUT2D eigenvalue weighted by molar-refractivity contribution is -0.137. The fourth-order valence-electron chi connectivity index (χ4n) is 2.59. The number of carbonyl (C=O) groups is 2. The molecule has 0 saturated heterocycles. The summed E-state index contributed by atoms with van der Waals surface area (Å²) in [6.45, 7) is 2.23. The SMILES string of the molecule is C[C@@H]1CCC[C@@H](C)C1NC(=O)NCC(=O)NCC(F)(F)F. The Morgan fingerprint density at radius 1 is 1.10 bits per heavy atom. The van der Waals surface area contributed by atoms with Gasteiger partial charge in [-0.05, 0) is 24.7 Å². The summed E-state index contributed by atoms with van der Waals surface area (Å²) in [6, 6.07) is -0.500. The zero-order valence-corrected chi connectivity index (χ0v) is 12.2. The molecule has 122 valence electrons. The first-order valence-electron chi connectivity index (χ1n) is 7.07. The second kappa shape index (κ2) is 7.51. The van der Waals surface area contributed by atoms with Gasteiger partial charge in [0, 0.05) is 6.04 Å². The summed E-state index contributed by atoms with van der Waals surface area (Å²) in [5.74, 6) is -0.177. The second-order valence-electron chi connectivity index (χ2n) is 5.63. The maximum absolute atomic E-state index is 11.9. The van der Waals surface area contributed by atoms with Crippen LogP contribution in [0.4, 0.5) is 18.0 Å². The first-order valence-corrected chi connectivity index (χ1v) is 7.07. The van der Waals surface area contributed by atoms with Gasteiger partial charge in [0.15, 0.2) is 0 Å². The van der Waals surface area contributed by atoms with E-state index in [4.69, 9.17) is 0 Å². The molecule has 1 aliphatic rings. The summed E-state index contributed by atoms with van der Waals surface area (Å²) in [6.07, 6.45) is -1.27. The van der Waals surface area contributed by atoms with Crippen molar-refractivity contribution in [3.05, 3.63) is 0 Å². The third kappa shape index (κ3) is 6.68. The van der Waals surface area contributed by atoms with Gasteiger partial charge in [0.25, 0.3) is 0 Å². The van der Waals surface area contributed by atoms with Gasteiger partial charge in [-0.25, -0.2) is 4.79 Å². The Labute approximate surface area is 122 Å². The molecule has 0 aromatic carbocycles. The minimum absolute atomic E-state index is 0.0250. The van der Waals surface area contributed by atoms with Crippen LogP contribution in [0.3, 0.4) is 0 Å². The van der Waals surface area contributed by atoms with Gasteiger partial charge in [-0.15, -0.1) is 0 Å². The molecule has 0 radical (unpaired) electrons. The van der Waals surface area contributed by atoms with E-state index in [1.807, 2.05) is 0 Å². The predicted octanol–water partition coefficient (Wildman–Crippen LogP) is 1.79. The van der Waals surface area contributed by atoms with Crippen molar-refractivity contribution in [2.24, 2.45) is 11.8 Å². The summed E-state index contributed by atoms with van der Waals surface area (Å²) >= 11 is 0. The van der Waals surface area contributed by atoms with Crippen LogP contribution in [-0.2, 0) is 4.79 Å². The van der Waals surface area contributed by atoms with Gasteiger partial charge in [-0.2, -0.15) is 13.2 Å². The van der Waals surface area contributed by atoms with Crippen LogP contribution in [0, 0.1) is 11.8 Å². The van der Waals surface area contributed by atoms with Gasteiger partial charge in [0.05, 0.1) is 6.54 Å². The number of nitrogens with one attached hydrogen (secondary N) is 3. The van der Waals surface area contributed by atoms with Crippen LogP contribution in [0.5, 0.6) is 0 Å². The van der Waals surface area contributed by atoms with Crippen LogP contribution >= 0.6 is 0 Å². The molecular formula is C13H22F3N3O2. The van der Waals surface area contributed by atoms with Crippen LogP contribution < -0.4 is 16.0 Å². The van der Waals surface area contributed by atoms with E-state index in [0.717, 1.165) is 19.3 Å². The highest BCUT2D eigenvalue weighted by atomic mass is 19.4. The highest BCUT2D eigenvalue weighted by Crippen LogP contribution is 2.28. The van der Waals surface area contributed by atoms with E-state index in [9.17, 15) is 22.8 Å². The van der Waals surface area contributed by atoms with Crippen molar-refractivity contribution < 1.29 is 22.8 Å². The Kier molecular flexibility index (Phi) is 6.29. The van der Waals surface area contributed by atoms with Crippen molar-refractivity contribution in [2.75, 3.05) is 13.1 Å². The second-order valence-corrected chi connectivity index (χ2v) is 5.63. The zero-order valence-electron chi connectivity index (χ0n) is 12.2. The number of hydrogen-bond donors (Lipinski definition) is 3. The maximum Gasteiger partial charge on any atom is 0.405 e. The predicted molar refractivity (Wildman–Crippen MR) is 71.6 cm³/mol. The van der Waals surface area contributed by atoms with Crippen LogP contribution in [-0.4, -0.2) is 37.2 Å². The number of hydrogen-bond acceptors (Lipinski definition) is 2. The molecule has 0 bridgehead atoms. The van der Waals surface area contributed by atoms with Crippen LogP contribution in [0.1, 0.15) is 33.1 Å². The third-order valence-electron chi connectivity index (χ3n) is 3.74. The first-order chi connectivity index (χ1) is 9.69. The summed E-state index contributed by atoms with van der Waals surface area (Å²) in [5.41, 5.74) is 0. The molecule has 0 unspecified atom stereocenters. The van der Waals surface area contributed by atoms with Crippen molar-refractivity contribution in [3.8, 4) is 0 Å². The molecule has 1 fully saturated rings. The molecule has 21 heavy (non-hydrogen) atoms. The molecule has 1 rings (SSSR count). The number of carbonyl (C=O) groups excluding carboxylic acids is 2. The largest absolute Gasteiger partial charge is 0.405 e. The Balaban J connectivity index is 2.28. The average molecular weight is 309 g/mol. The van der Waals surface area contributed by atoms with E-state index in [-0.39, 0.29) is 6.04 Å². The molecule has 0 aliphatic heterocycles. The molecule has 1 saturated carbocycles. The normalized spacial score (nSPS) is 23.5. The maximum atomic E-state index is 11.9. The van der Waals surface area contributed by atoms with Gasteiger partial charge in [0.1, 0.15) is 6.54 Å². The summed E-state index contributed by atoms with van der Waals surface area (Å²) < 4.78 is 35.7. The first kappa shape index (κ1) is 17.6. The molecule has 5 nitrogen and oxygen atoms in total. The molecule has 3 amide bonds. The Bertz CT molecular complexity index is 364. The van der Waals surface area contributed by atoms with Crippen molar-refractivity contribution in [1.82, 2.24) is 16.0 Å². The molecule has 0 aromatic heterocycles. The van der Waals surface area contributed by atoms with E-state index < -0.39 is 31.2 Å². The fraction of sp³-hybridized carbons (Fsp3) is 0.846. The lowest BCUT2D eigenvalue weighted by Crippen LogP contribution is -2.51. The molecule has 1 aliphatic carbocycles. The Morgan fingerprint density at radius 2 is 1.67 bits per heavy atom. The average Bonchev–Trinajstić information content (AvgIpc) is 2.37. The highest BCUT2D eigenvalue weighted by Gasteiger charge is 2.29. The lowest BCUT2D eigenvalue weighted by Gasteiger charge is -2.35. The van der Waals surface area contributed by atoms with E-state index in [1.165, 1.54) is 0 Å². The summed E-state index contributed by atoms with van der Waals surface area (Å²) in [5, 5.41) is 6.76. The number of halogens is 3. The van der Waals surface area contributed by atoms with E-state index in [2.05, 4.69) is 24.5 Å². The summed E-state index contributed by atoms with van der Waals surface area (Å²) in [7, 11) is 0. The molecule has 0 heterocycles. The highest BCUT2D eigenvalue weighted by molar-refractivity contribution is 5.84. The smallest absolute Gasteiger partial charge is 0.345 e. The van der Waals surface area contributed by atoms with E-state index in [1.54, 1.807) is 5.32 Å². The van der Waals surface area contributed by atoms with Gasteiger partial charge >= 0.3 is 12.2 Å². The minimum atomic E-state index is -4.45. The van der Waals surface area contributed by atoms with Crippen LogP contribution in [0.25, 0.3) is 0 Å². The monoisotopic (exact) mass is 309 g/mol. The fourth-order valence-corrected chi connectivity index (χ4v) is 2.59. The third-order valence-corrected chi connectivity index (χ3v) is 3.74. The molecule has 3 N–H and O–H groups in total. The van der Waals surface area contributed by atoms with Gasteiger partial charge in [-0.1, -0.05) is 20.3 Å². The molecule has 0 aromatic rings. The molecular weight excluding hydrogens is 287 g/mol. The van der Waals surface area contributed by atoms with Crippen molar-refractivity contribution in [1.29, 1.82) is 0 Å². The van der Waals surface area contributed by atoms with Crippen LogP contribution in [0.15, 0.2) is 0 Å². The molecule has 8 heteroatoms. The topological polar surface area (TPSA) is 70.2 Å². The minimum Gasteiger partial charge on any atom is -0.345 e. The number of rotatable bonds is 4. The van der Waals surface area contributed by atoms with E-state index in [0.29, 0.717) is 11.8 Å². The van der Waals surface area contributed by atoms with Gasteiger partial charge in [-0.3, -0.25) is 4.79 Å². The quantitative estimate of drug-likeness (QED) is 0.741. The van der Waals surface area contributed by atoms with Crippen LogP contribution in [0.2, 0.25) is 0 Å². The van der Waals surface area contributed by atoms with Crippen molar-refractivity contribution >= 4 is 11.9 Å². The van der Waals surface area contributed by atoms with E-state index >= 15 is 0 Å². The summed E-state index contributed by atoms with van der Waals surface area (Å²) in [4.78, 5) is 22.8. The standard InChI is InChI=1S/C13H22F3N3O2/c1-8-4-3-5-9(2)11(8)19-12(21)17-6-10(20)18-7-13(14,15)16/h8-9,11H,3-7H2,1-2H3,(H,18,20)(H2,17,19,21)/t8-,9-/m1/s1.